The van der Waals surface area contributed by atoms with Gasteiger partial charge < -0.3 is 19.0 Å². The molecule has 6 aromatic heterocycles. The number of hydrogen-bond donors (Lipinski definition) is 2. The number of aromatic nitrogens is 6. The Bertz CT molecular complexity index is 2580. The Balaban J connectivity index is 0.000000136. The van der Waals surface area contributed by atoms with Gasteiger partial charge in [0, 0.05) is 46.7 Å². The van der Waals surface area contributed by atoms with Gasteiger partial charge in [0.2, 0.25) is 0 Å². The van der Waals surface area contributed by atoms with E-state index in [1.165, 1.54) is 58.7 Å². The minimum absolute atomic E-state index is 0.313. The molecule has 12 rings (SSSR count). The van der Waals surface area contributed by atoms with Crippen LogP contribution < -0.4 is 0 Å². The molecule has 6 heterocycles. The first-order valence-corrected chi connectivity index (χ1v) is 22.5. The Kier molecular flexibility index (Phi) is 9.93. The van der Waals surface area contributed by atoms with Gasteiger partial charge in [-0.1, -0.05) is 36.4 Å². The third-order valence-corrected chi connectivity index (χ3v) is 14.6. The van der Waals surface area contributed by atoms with Crippen LogP contribution in [0.25, 0.3) is 32.8 Å². The van der Waals surface area contributed by atoms with Crippen LogP contribution in [0.4, 0.5) is 0 Å². The molecule has 4 aliphatic carbocycles. The van der Waals surface area contributed by atoms with E-state index in [2.05, 4.69) is 114 Å². The highest BCUT2D eigenvalue weighted by molar-refractivity contribution is 5.83. The van der Waals surface area contributed by atoms with E-state index < -0.39 is 12.2 Å². The van der Waals surface area contributed by atoms with Crippen LogP contribution in [-0.2, 0) is 0 Å². The van der Waals surface area contributed by atoms with Crippen LogP contribution in [0, 0.1) is 11.8 Å². The Labute approximate surface area is 351 Å². The van der Waals surface area contributed by atoms with Crippen LogP contribution in [0.3, 0.4) is 0 Å². The van der Waals surface area contributed by atoms with E-state index in [1.54, 1.807) is 0 Å². The maximum atomic E-state index is 11.5. The van der Waals surface area contributed by atoms with E-state index in [0.29, 0.717) is 35.5 Å². The summed E-state index contributed by atoms with van der Waals surface area (Å²) in [5.74, 6) is 2.97. The number of aliphatic hydroxyl groups excluding tert-OH is 2. The number of pyridine rings is 4. The van der Waals surface area contributed by atoms with Gasteiger partial charge in [-0.15, -0.1) is 0 Å². The molecule has 0 bridgehead atoms. The van der Waals surface area contributed by atoms with Crippen molar-refractivity contribution < 1.29 is 10.2 Å². The summed E-state index contributed by atoms with van der Waals surface area (Å²) in [4.78, 5) is 17.7. The summed E-state index contributed by atoms with van der Waals surface area (Å²) >= 11 is 0. The monoisotopic (exact) mass is 794 g/mol. The van der Waals surface area contributed by atoms with Gasteiger partial charge in [-0.05, 0) is 171 Å². The van der Waals surface area contributed by atoms with E-state index in [4.69, 9.17) is 0 Å². The van der Waals surface area contributed by atoms with E-state index in [9.17, 15) is 10.2 Å². The first-order chi connectivity index (χ1) is 29.6. The molecule has 0 radical (unpaired) electrons. The van der Waals surface area contributed by atoms with Crippen molar-refractivity contribution in [2.45, 2.75) is 113 Å². The zero-order valence-corrected chi connectivity index (χ0v) is 34.2. The molecule has 0 saturated heterocycles. The van der Waals surface area contributed by atoms with E-state index >= 15 is 0 Å². The van der Waals surface area contributed by atoms with Gasteiger partial charge in [-0.2, -0.15) is 0 Å². The summed E-state index contributed by atoms with van der Waals surface area (Å²) in [5, 5.41) is 25.6. The molecule has 8 nitrogen and oxygen atoms in total. The van der Waals surface area contributed by atoms with Gasteiger partial charge in [-0.25, -0.2) is 9.97 Å². The Hall–Kier alpha value is -5.44. The number of imidazole rings is 2. The van der Waals surface area contributed by atoms with Gasteiger partial charge in [0.25, 0.3) is 0 Å². The fourth-order valence-corrected chi connectivity index (χ4v) is 11.1. The number of fused-ring (bicyclic) bond motifs is 4. The molecule has 0 spiro atoms. The number of hydrogen-bond acceptors (Lipinski definition) is 6. The predicted octanol–water partition coefficient (Wildman–Crippen LogP) is 11.5. The second-order valence-corrected chi connectivity index (χ2v) is 18.2. The highest BCUT2D eigenvalue weighted by Gasteiger charge is 2.36. The molecule has 0 aliphatic heterocycles. The van der Waals surface area contributed by atoms with E-state index in [1.807, 2.05) is 37.4 Å². The zero-order valence-electron chi connectivity index (χ0n) is 34.2. The summed E-state index contributed by atoms with van der Waals surface area (Å²) in [7, 11) is 0. The van der Waals surface area contributed by atoms with Crippen LogP contribution in [-0.4, -0.2) is 39.0 Å². The van der Waals surface area contributed by atoms with Crippen molar-refractivity contribution in [3.05, 3.63) is 156 Å². The smallest absolute Gasteiger partial charge is 0.0992 e. The van der Waals surface area contributed by atoms with Crippen LogP contribution in [0.1, 0.15) is 146 Å². The summed E-state index contributed by atoms with van der Waals surface area (Å²) in [6.07, 6.45) is 28.5. The summed E-state index contributed by atoms with van der Waals surface area (Å²) in [5.41, 5.74) is 12.1. The Morgan fingerprint density at radius 2 is 0.833 bits per heavy atom. The second-order valence-electron chi connectivity index (χ2n) is 18.2. The minimum atomic E-state index is -0.406. The summed E-state index contributed by atoms with van der Waals surface area (Å²) < 4.78 is 4.11. The number of aliphatic hydroxyl groups is 2. The highest BCUT2D eigenvalue weighted by Crippen LogP contribution is 2.50. The molecular formula is C52H54N6O2. The van der Waals surface area contributed by atoms with Crippen LogP contribution in [0.15, 0.2) is 123 Å². The first kappa shape index (κ1) is 37.6. The minimum Gasteiger partial charge on any atom is -0.388 e. The zero-order chi connectivity index (χ0) is 40.2. The van der Waals surface area contributed by atoms with Crippen molar-refractivity contribution in [3.63, 3.8) is 0 Å². The number of rotatable bonds is 8. The van der Waals surface area contributed by atoms with Crippen molar-refractivity contribution in [2.75, 3.05) is 0 Å². The molecule has 0 amide bonds. The molecule has 4 saturated carbocycles. The Morgan fingerprint density at radius 1 is 0.450 bits per heavy atom. The maximum Gasteiger partial charge on any atom is 0.0992 e. The summed E-state index contributed by atoms with van der Waals surface area (Å²) in [6, 6.07) is 25.7. The molecule has 2 aromatic carbocycles. The molecule has 0 unspecified atom stereocenters. The van der Waals surface area contributed by atoms with Gasteiger partial charge in [0.15, 0.2) is 0 Å². The molecule has 8 heteroatoms. The Morgan fingerprint density at radius 3 is 1.25 bits per heavy atom. The van der Waals surface area contributed by atoms with E-state index in [-0.39, 0.29) is 0 Å². The molecule has 4 fully saturated rings. The molecule has 4 aliphatic rings. The molecule has 60 heavy (non-hydrogen) atoms. The SMILES string of the molecule is O[C@@H](c1c(C2CC2)ccn2cncc12)C1CCC(c2ccnc3ccccc23)CC1.O[C@H](c1c(C2CC2)ccn2cncc12)C1CCC(c2ccnc3ccccc23)CC1. The lowest BCUT2D eigenvalue weighted by Gasteiger charge is -2.33. The normalized spacial score (nSPS) is 23.1. The standard InChI is InChI=1S/2C26H27N3O/c2*30-26(25-21(18-5-6-18)12-14-29-16-27-15-24(25)29)19-9-7-17(8-10-19)20-11-13-28-23-4-2-1-3-22(20)23/h2*1-4,11-19,26,30H,5-10H2/t2*17?,19?,26-/m10/s1. The molecule has 2 atom stereocenters. The quantitative estimate of drug-likeness (QED) is 0.159. The molecule has 8 aromatic rings. The number of nitrogens with zero attached hydrogens (tertiary/aromatic N) is 6. The molecule has 2 N–H and O–H groups in total. The van der Waals surface area contributed by atoms with Gasteiger partial charge in [0.05, 0.1) is 59.3 Å². The third-order valence-electron chi connectivity index (χ3n) is 14.6. The predicted molar refractivity (Wildman–Crippen MR) is 237 cm³/mol. The molecular weight excluding hydrogens is 741 g/mol. The number of para-hydroxylation sites is 2. The van der Waals surface area contributed by atoms with Crippen LogP contribution in [0.2, 0.25) is 0 Å². The third kappa shape index (κ3) is 7.07. The fraction of sp³-hybridized carbons (Fsp3) is 0.385. The van der Waals surface area contributed by atoms with Crippen molar-refractivity contribution in [1.29, 1.82) is 0 Å². The second kappa shape index (κ2) is 15.9. The van der Waals surface area contributed by atoms with Crippen molar-refractivity contribution in [1.82, 2.24) is 28.7 Å². The highest BCUT2D eigenvalue weighted by atomic mass is 16.3. The molecule has 304 valence electrons. The van der Waals surface area contributed by atoms with E-state index in [0.717, 1.165) is 84.6 Å². The fourth-order valence-electron chi connectivity index (χ4n) is 11.1. The lowest BCUT2D eigenvalue weighted by atomic mass is 9.74. The lowest BCUT2D eigenvalue weighted by molar-refractivity contribution is 0.0809. The van der Waals surface area contributed by atoms with Crippen LogP contribution >= 0.6 is 0 Å². The topological polar surface area (TPSA) is 101 Å². The first-order valence-electron chi connectivity index (χ1n) is 22.5. The summed E-state index contributed by atoms with van der Waals surface area (Å²) in [6.45, 7) is 0. The maximum absolute atomic E-state index is 11.5. The van der Waals surface area contributed by atoms with Crippen molar-refractivity contribution in [2.24, 2.45) is 11.8 Å². The largest absolute Gasteiger partial charge is 0.388 e. The van der Waals surface area contributed by atoms with Crippen LogP contribution in [0.5, 0.6) is 0 Å². The average molecular weight is 795 g/mol. The number of benzene rings is 2. The van der Waals surface area contributed by atoms with Crippen molar-refractivity contribution >= 4 is 32.8 Å². The average Bonchev–Trinajstić information content (AvgIpc) is 4.24. The van der Waals surface area contributed by atoms with Gasteiger partial charge in [-0.3, -0.25) is 9.97 Å². The lowest BCUT2D eigenvalue weighted by Crippen LogP contribution is -2.21. The van der Waals surface area contributed by atoms with Crippen molar-refractivity contribution in [3.8, 4) is 0 Å². The van der Waals surface area contributed by atoms with Gasteiger partial charge in [0.1, 0.15) is 0 Å². The van der Waals surface area contributed by atoms with Gasteiger partial charge >= 0.3 is 0 Å².